The highest BCUT2D eigenvalue weighted by molar-refractivity contribution is 5.40. The van der Waals surface area contributed by atoms with E-state index in [0.717, 1.165) is 71.3 Å². The topological polar surface area (TPSA) is 31.8 Å². The molecule has 3 fully saturated rings. The zero-order valence-electron chi connectivity index (χ0n) is 16.9. The Kier molecular flexibility index (Phi) is 6.61. The van der Waals surface area contributed by atoms with E-state index in [1.54, 1.807) is 6.07 Å². The van der Waals surface area contributed by atoms with Crippen LogP contribution in [0, 0.1) is 0 Å². The van der Waals surface area contributed by atoms with Gasteiger partial charge in [-0.1, -0.05) is 6.07 Å². The average molecular weight is 413 g/mol. The molecule has 8 heteroatoms. The maximum absolute atomic E-state index is 12.9. The summed E-state index contributed by atoms with van der Waals surface area (Å²) < 4.78 is 44.6. The summed E-state index contributed by atoms with van der Waals surface area (Å²) in [6.07, 6.45) is 2.00. The Morgan fingerprint density at radius 2 is 1.72 bits per heavy atom. The fraction of sp³-hybridized carbons (Fsp3) is 0.762. The molecule has 0 bridgehead atoms. The number of hydrogen-bond acceptors (Lipinski definition) is 5. The van der Waals surface area contributed by atoms with Gasteiger partial charge in [0, 0.05) is 45.4 Å². The summed E-state index contributed by atoms with van der Waals surface area (Å²) in [5, 5.41) is 0. The number of anilines is 1. The highest BCUT2D eigenvalue weighted by atomic mass is 19.4. The first-order chi connectivity index (χ1) is 14.0. The van der Waals surface area contributed by atoms with Gasteiger partial charge in [0.15, 0.2) is 0 Å². The van der Waals surface area contributed by atoms with Crippen molar-refractivity contribution in [1.82, 2.24) is 14.8 Å². The molecule has 0 amide bonds. The second kappa shape index (κ2) is 9.18. The number of likely N-dealkylation sites (tertiary alicyclic amines) is 1. The molecule has 1 aromatic heterocycles. The lowest BCUT2D eigenvalue weighted by Gasteiger charge is -2.43. The minimum Gasteiger partial charge on any atom is -0.377 e. The normalized spacial score (nSPS) is 26.0. The fourth-order valence-electron chi connectivity index (χ4n) is 4.78. The Balaban J connectivity index is 1.23. The third-order valence-corrected chi connectivity index (χ3v) is 6.47. The summed E-state index contributed by atoms with van der Waals surface area (Å²) in [5.41, 5.74) is -0.813. The Morgan fingerprint density at radius 3 is 2.38 bits per heavy atom. The molecule has 1 aromatic rings. The molecule has 0 aromatic carbocycles. The van der Waals surface area contributed by atoms with Crippen LogP contribution in [0.3, 0.4) is 0 Å². The van der Waals surface area contributed by atoms with E-state index in [-0.39, 0.29) is 0 Å². The first-order valence-electron chi connectivity index (χ1n) is 10.9. The van der Waals surface area contributed by atoms with Crippen molar-refractivity contribution in [3.8, 4) is 0 Å². The smallest absolute Gasteiger partial charge is 0.377 e. The van der Waals surface area contributed by atoms with Gasteiger partial charge in [0.1, 0.15) is 11.5 Å². The van der Waals surface area contributed by atoms with Gasteiger partial charge in [0.25, 0.3) is 0 Å². The van der Waals surface area contributed by atoms with Crippen LogP contribution in [-0.2, 0) is 10.9 Å². The van der Waals surface area contributed by atoms with Crippen LogP contribution in [0.1, 0.15) is 37.8 Å². The molecule has 0 saturated carbocycles. The van der Waals surface area contributed by atoms with Gasteiger partial charge in [-0.3, -0.25) is 4.90 Å². The maximum Gasteiger partial charge on any atom is 0.433 e. The summed E-state index contributed by atoms with van der Waals surface area (Å²) in [7, 11) is 0. The van der Waals surface area contributed by atoms with Crippen LogP contribution >= 0.6 is 0 Å². The number of aromatic nitrogens is 1. The van der Waals surface area contributed by atoms with Gasteiger partial charge in [0.05, 0.1) is 6.10 Å². The molecule has 3 saturated heterocycles. The molecule has 0 spiro atoms. The number of halogens is 3. The molecule has 3 aliphatic rings. The van der Waals surface area contributed by atoms with Gasteiger partial charge in [-0.15, -0.1) is 0 Å². The van der Waals surface area contributed by atoms with Crippen molar-refractivity contribution < 1.29 is 17.9 Å². The predicted molar refractivity (Wildman–Crippen MR) is 106 cm³/mol. The molecule has 0 N–H and O–H groups in total. The van der Waals surface area contributed by atoms with Crippen LogP contribution in [0.2, 0.25) is 0 Å². The van der Waals surface area contributed by atoms with E-state index in [1.165, 1.54) is 25.3 Å². The molecule has 1 atom stereocenters. The molecule has 29 heavy (non-hydrogen) atoms. The van der Waals surface area contributed by atoms with Crippen LogP contribution in [-0.4, -0.2) is 79.3 Å². The fourth-order valence-corrected chi connectivity index (χ4v) is 4.78. The lowest BCUT2D eigenvalue weighted by Crippen LogP contribution is -2.54. The summed E-state index contributed by atoms with van der Waals surface area (Å²) in [5.74, 6) is 0.432. The van der Waals surface area contributed by atoms with Crippen molar-refractivity contribution >= 4 is 5.82 Å². The molecule has 162 valence electrons. The Morgan fingerprint density at radius 1 is 0.966 bits per heavy atom. The van der Waals surface area contributed by atoms with E-state index in [4.69, 9.17) is 4.74 Å². The van der Waals surface area contributed by atoms with Crippen molar-refractivity contribution in [2.24, 2.45) is 0 Å². The lowest BCUT2D eigenvalue weighted by atomic mass is 10.0. The summed E-state index contributed by atoms with van der Waals surface area (Å²) >= 11 is 0. The first-order valence-corrected chi connectivity index (χ1v) is 10.9. The molecule has 0 aliphatic carbocycles. The first kappa shape index (κ1) is 20.9. The molecule has 1 unspecified atom stereocenters. The second-order valence-corrected chi connectivity index (χ2v) is 8.42. The third-order valence-electron chi connectivity index (χ3n) is 6.47. The predicted octanol–water partition coefficient (Wildman–Crippen LogP) is 3.26. The standard InChI is InChI=1S/C21H31F3N4O/c22-21(23,24)19-5-3-6-20(25-19)28-13-11-27(12-14-28)17-7-9-26(10-8-17)16-18-4-1-2-15-29-18/h3,5-6,17-18H,1-2,4,7-16H2. The Labute approximate surface area is 170 Å². The maximum atomic E-state index is 12.9. The zero-order valence-corrected chi connectivity index (χ0v) is 16.9. The number of nitrogens with zero attached hydrogens (tertiary/aromatic N) is 4. The molecular formula is C21H31F3N4O. The zero-order chi connectivity index (χ0) is 20.3. The Bertz CT molecular complexity index is 650. The molecule has 4 rings (SSSR count). The van der Waals surface area contributed by atoms with Gasteiger partial charge in [-0.2, -0.15) is 13.2 Å². The van der Waals surface area contributed by atoms with Crippen molar-refractivity contribution in [2.45, 2.75) is 50.4 Å². The number of rotatable bonds is 4. The minimum atomic E-state index is -4.39. The third kappa shape index (κ3) is 5.41. The summed E-state index contributed by atoms with van der Waals surface area (Å²) in [6, 6.07) is 4.74. The largest absolute Gasteiger partial charge is 0.433 e. The van der Waals surface area contributed by atoms with Gasteiger partial charge in [-0.25, -0.2) is 4.98 Å². The molecule has 4 heterocycles. The van der Waals surface area contributed by atoms with E-state index in [2.05, 4.69) is 14.8 Å². The summed E-state index contributed by atoms with van der Waals surface area (Å²) in [6.45, 7) is 7.41. The number of alkyl halides is 3. The van der Waals surface area contributed by atoms with E-state index >= 15 is 0 Å². The molecule has 0 radical (unpaired) electrons. The SMILES string of the molecule is FC(F)(F)c1cccc(N2CCN(C3CCN(CC4CCCCO4)CC3)CC2)n1. The number of piperazine rings is 1. The van der Waals surface area contributed by atoms with Gasteiger partial charge < -0.3 is 14.5 Å². The Hall–Kier alpha value is -1.38. The van der Waals surface area contributed by atoms with Crippen molar-refractivity contribution in [3.63, 3.8) is 0 Å². The molecule has 5 nitrogen and oxygen atoms in total. The quantitative estimate of drug-likeness (QED) is 0.758. The van der Waals surface area contributed by atoms with E-state index in [1.807, 2.05) is 4.90 Å². The number of hydrogen-bond donors (Lipinski definition) is 0. The minimum absolute atomic E-state index is 0.406. The van der Waals surface area contributed by atoms with Gasteiger partial charge >= 0.3 is 6.18 Å². The van der Waals surface area contributed by atoms with Crippen molar-refractivity contribution in [3.05, 3.63) is 23.9 Å². The van der Waals surface area contributed by atoms with E-state index in [0.29, 0.717) is 18.0 Å². The van der Waals surface area contributed by atoms with Crippen LogP contribution in [0.15, 0.2) is 18.2 Å². The van der Waals surface area contributed by atoms with Crippen LogP contribution < -0.4 is 4.90 Å². The van der Waals surface area contributed by atoms with Crippen LogP contribution in [0.25, 0.3) is 0 Å². The van der Waals surface area contributed by atoms with Crippen LogP contribution in [0.4, 0.5) is 19.0 Å². The highest BCUT2D eigenvalue weighted by Crippen LogP contribution is 2.29. The van der Waals surface area contributed by atoms with Gasteiger partial charge in [0.2, 0.25) is 0 Å². The van der Waals surface area contributed by atoms with Crippen LogP contribution in [0.5, 0.6) is 0 Å². The second-order valence-electron chi connectivity index (χ2n) is 8.42. The van der Waals surface area contributed by atoms with Gasteiger partial charge in [-0.05, 0) is 57.3 Å². The highest BCUT2D eigenvalue weighted by Gasteiger charge is 2.33. The average Bonchev–Trinajstić information content (AvgIpc) is 2.75. The van der Waals surface area contributed by atoms with E-state index < -0.39 is 11.9 Å². The number of pyridine rings is 1. The summed E-state index contributed by atoms with van der Waals surface area (Å²) in [4.78, 5) is 10.9. The van der Waals surface area contributed by atoms with Crippen molar-refractivity contribution in [1.29, 1.82) is 0 Å². The lowest BCUT2D eigenvalue weighted by molar-refractivity contribution is -0.141. The monoisotopic (exact) mass is 412 g/mol. The van der Waals surface area contributed by atoms with E-state index in [9.17, 15) is 13.2 Å². The number of piperidine rings is 1. The number of ether oxygens (including phenoxy) is 1. The molecular weight excluding hydrogens is 381 g/mol. The molecule has 3 aliphatic heterocycles. The van der Waals surface area contributed by atoms with Crippen molar-refractivity contribution in [2.75, 3.05) is 57.3 Å².